The fraction of sp³-hybridized carbons (Fsp3) is 0.500. The Balaban J connectivity index is 1.91. The first-order valence-electron chi connectivity index (χ1n) is 8.20. The van der Waals surface area contributed by atoms with Crippen LogP contribution in [-0.4, -0.2) is 62.6 Å². The number of sulfonamides is 1. The molecule has 0 aliphatic carbocycles. The van der Waals surface area contributed by atoms with Crippen molar-refractivity contribution in [3.8, 4) is 5.75 Å². The van der Waals surface area contributed by atoms with Crippen molar-refractivity contribution in [2.75, 3.05) is 26.0 Å². The van der Waals surface area contributed by atoms with Crippen LogP contribution < -0.4 is 15.2 Å². The first kappa shape index (κ1) is 21.3. The van der Waals surface area contributed by atoms with Crippen LogP contribution in [-0.2, 0) is 26.2 Å². The lowest BCUT2D eigenvalue weighted by Gasteiger charge is -2.24. The summed E-state index contributed by atoms with van der Waals surface area (Å²) < 4.78 is 36.2. The summed E-state index contributed by atoms with van der Waals surface area (Å²) >= 11 is 4.37. The predicted octanol–water partition coefficient (Wildman–Crippen LogP) is 0.109. The predicted molar refractivity (Wildman–Crippen MR) is 102 cm³/mol. The number of carbonyl (C=O) groups is 2. The van der Waals surface area contributed by atoms with Crippen LogP contribution in [0.15, 0.2) is 24.3 Å². The lowest BCUT2D eigenvalue weighted by molar-refractivity contribution is -0.115. The van der Waals surface area contributed by atoms with Crippen molar-refractivity contribution in [2.45, 2.75) is 24.3 Å². The largest absolute Gasteiger partial charge is 0.497 e. The minimum Gasteiger partial charge on any atom is -0.497 e. The van der Waals surface area contributed by atoms with Crippen LogP contribution in [0.3, 0.4) is 0 Å². The molecule has 1 aromatic carbocycles. The molecule has 0 unspecified atom stereocenters. The maximum Gasteiger partial charge on any atom is 0.410 e. The number of thiol groups is 1. The number of rotatable bonds is 8. The summed E-state index contributed by atoms with van der Waals surface area (Å²) in [4.78, 5) is 24.6. The molecule has 27 heavy (non-hydrogen) atoms. The van der Waals surface area contributed by atoms with Gasteiger partial charge >= 0.3 is 6.09 Å². The highest BCUT2D eigenvalue weighted by atomic mass is 32.2. The topological polar surface area (TPSA) is 128 Å². The minimum absolute atomic E-state index is 0.0374. The number of primary amides is 1. The average Bonchev–Trinajstić information content (AvgIpc) is 2.98. The Labute approximate surface area is 163 Å². The third-order valence-corrected chi connectivity index (χ3v) is 5.66. The number of hydrogen-bond donors (Lipinski definition) is 3. The molecular weight excluding hydrogens is 394 g/mol. The molecule has 1 saturated heterocycles. The summed E-state index contributed by atoms with van der Waals surface area (Å²) in [5, 5.41) is -0.0934. The van der Waals surface area contributed by atoms with Gasteiger partial charge in [0.15, 0.2) is 0 Å². The van der Waals surface area contributed by atoms with Gasteiger partial charge in [-0.3, -0.25) is 4.79 Å². The first-order chi connectivity index (χ1) is 12.7. The van der Waals surface area contributed by atoms with E-state index < -0.39 is 33.8 Å². The fourth-order valence-electron chi connectivity index (χ4n) is 2.72. The molecule has 11 heteroatoms. The summed E-state index contributed by atoms with van der Waals surface area (Å²) in [6.45, 7) is 0.383. The Morgan fingerprint density at radius 2 is 2.00 bits per heavy atom. The Morgan fingerprint density at radius 3 is 2.59 bits per heavy atom. The van der Waals surface area contributed by atoms with Gasteiger partial charge in [-0.05, 0) is 24.1 Å². The van der Waals surface area contributed by atoms with Crippen molar-refractivity contribution in [3.05, 3.63) is 29.8 Å². The van der Waals surface area contributed by atoms with Gasteiger partial charge in [-0.15, -0.1) is 0 Å². The van der Waals surface area contributed by atoms with Crippen molar-refractivity contribution in [1.82, 2.24) is 9.62 Å². The number of nitrogens with two attached hydrogens (primary N) is 1. The normalized spacial score (nSPS) is 19.7. The van der Waals surface area contributed by atoms with E-state index in [4.69, 9.17) is 15.2 Å². The molecule has 0 radical (unpaired) electrons. The van der Waals surface area contributed by atoms with E-state index in [0.29, 0.717) is 18.7 Å². The zero-order chi connectivity index (χ0) is 20.0. The Hall–Kier alpha value is -1.98. The van der Waals surface area contributed by atoms with Gasteiger partial charge in [-0.25, -0.2) is 17.9 Å². The van der Waals surface area contributed by atoms with E-state index in [1.54, 1.807) is 31.4 Å². The summed E-state index contributed by atoms with van der Waals surface area (Å²) in [7, 11) is -2.27. The molecule has 1 aliphatic heterocycles. The van der Waals surface area contributed by atoms with Crippen molar-refractivity contribution in [3.63, 3.8) is 0 Å². The molecule has 0 bridgehead atoms. The number of nitrogens with one attached hydrogen (secondary N) is 1. The molecule has 2 rings (SSSR count). The minimum atomic E-state index is -3.84. The molecule has 2 amide bonds. The number of hydrogen-bond acceptors (Lipinski definition) is 7. The number of methoxy groups -OCH3 is 1. The van der Waals surface area contributed by atoms with Crippen molar-refractivity contribution in [1.29, 1.82) is 0 Å². The van der Waals surface area contributed by atoms with Crippen molar-refractivity contribution >= 4 is 34.7 Å². The molecule has 0 aromatic heterocycles. The van der Waals surface area contributed by atoms with Gasteiger partial charge in [0, 0.05) is 24.4 Å². The maximum absolute atomic E-state index is 12.4. The summed E-state index contributed by atoms with van der Waals surface area (Å²) in [5.41, 5.74) is 5.71. The summed E-state index contributed by atoms with van der Waals surface area (Å²) in [5.74, 6) is -1.05. The number of benzene rings is 1. The summed E-state index contributed by atoms with van der Waals surface area (Å²) in [6, 6.07) is 6.68. The van der Waals surface area contributed by atoms with Crippen LogP contribution in [0.1, 0.15) is 12.0 Å². The number of nitrogens with zero attached hydrogens (tertiary/aromatic N) is 1. The van der Waals surface area contributed by atoms with Crippen LogP contribution in [0.2, 0.25) is 0 Å². The zero-order valence-electron chi connectivity index (χ0n) is 14.8. The highest BCUT2D eigenvalue weighted by Gasteiger charge is 2.35. The molecule has 1 aromatic rings. The molecule has 3 N–H and O–H groups in total. The molecule has 9 nitrogen and oxygen atoms in total. The van der Waals surface area contributed by atoms with Gasteiger partial charge < -0.3 is 20.1 Å². The number of carbonyl (C=O) groups excluding carboxylic acids is 2. The Bertz CT molecular complexity index is 769. The van der Waals surface area contributed by atoms with Crippen LogP contribution in [0.4, 0.5) is 4.79 Å². The number of ether oxygens (including phenoxy) is 2. The number of amides is 2. The number of likely N-dealkylation sites (tertiary alicyclic amines) is 1. The molecule has 150 valence electrons. The van der Waals surface area contributed by atoms with Crippen molar-refractivity contribution in [2.24, 2.45) is 5.73 Å². The smallest absolute Gasteiger partial charge is 0.410 e. The lowest BCUT2D eigenvalue weighted by Crippen LogP contribution is -2.44. The van der Waals surface area contributed by atoms with E-state index in [1.807, 2.05) is 0 Å². The lowest BCUT2D eigenvalue weighted by atomic mass is 10.2. The van der Waals surface area contributed by atoms with Crippen LogP contribution in [0.5, 0.6) is 5.75 Å². The van der Waals surface area contributed by atoms with Gasteiger partial charge in [0.1, 0.15) is 18.1 Å². The second kappa shape index (κ2) is 9.29. The van der Waals surface area contributed by atoms with Gasteiger partial charge in [0.25, 0.3) is 0 Å². The standard InChI is InChI=1S/C16H23N3O6S2/c1-24-13-4-2-11(3-5-13)9-25-16(21)19-8-14(26)6-12(19)7-18-27(22,23)10-15(17)20/h2-5,12,14,18,26H,6-10H2,1H3,(H2,17,20)/t12-,14-/m0/s1. The molecular formula is C16H23N3O6S2. The Kier molecular flexibility index (Phi) is 7.33. The van der Waals surface area contributed by atoms with E-state index in [9.17, 15) is 18.0 Å². The van der Waals surface area contributed by atoms with Crippen LogP contribution in [0.25, 0.3) is 0 Å². The van der Waals surface area contributed by atoms with Crippen molar-refractivity contribution < 1.29 is 27.5 Å². The van der Waals surface area contributed by atoms with E-state index in [1.165, 1.54) is 4.90 Å². The first-order valence-corrected chi connectivity index (χ1v) is 10.4. The highest BCUT2D eigenvalue weighted by molar-refractivity contribution is 7.90. The monoisotopic (exact) mass is 417 g/mol. The molecule has 2 atom stereocenters. The molecule has 0 saturated carbocycles. The molecule has 1 heterocycles. The third-order valence-electron chi connectivity index (χ3n) is 4.02. The summed E-state index contributed by atoms with van der Waals surface area (Å²) in [6.07, 6.45) is -0.0544. The average molecular weight is 418 g/mol. The maximum atomic E-state index is 12.4. The van der Waals surface area contributed by atoms with Gasteiger partial charge in [0.05, 0.1) is 7.11 Å². The zero-order valence-corrected chi connectivity index (χ0v) is 16.5. The van der Waals surface area contributed by atoms with Gasteiger partial charge in [-0.2, -0.15) is 12.6 Å². The van der Waals surface area contributed by atoms with E-state index in [0.717, 1.165) is 5.56 Å². The Morgan fingerprint density at radius 1 is 1.33 bits per heavy atom. The second-order valence-corrected chi connectivity index (χ2v) is 8.71. The second-order valence-electron chi connectivity index (χ2n) is 6.17. The van der Waals surface area contributed by atoms with Crippen LogP contribution in [0, 0.1) is 0 Å². The van der Waals surface area contributed by atoms with Gasteiger partial charge in [0.2, 0.25) is 15.9 Å². The van der Waals surface area contributed by atoms with E-state index in [2.05, 4.69) is 17.4 Å². The van der Waals surface area contributed by atoms with Gasteiger partial charge in [-0.1, -0.05) is 12.1 Å². The quantitative estimate of drug-likeness (QED) is 0.515. The molecule has 0 spiro atoms. The van der Waals surface area contributed by atoms with E-state index in [-0.39, 0.29) is 18.4 Å². The molecule has 1 aliphatic rings. The third kappa shape index (κ3) is 6.60. The highest BCUT2D eigenvalue weighted by Crippen LogP contribution is 2.23. The SMILES string of the molecule is COc1ccc(COC(=O)N2C[C@@H](S)C[C@H]2CNS(=O)(=O)CC(N)=O)cc1. The molecule has 1 fully saturated rings. The fourth-order valence-corrected chi connectivity index (χ4v) is 4.06. The van der Waals surface area contributed by atoms with Crippen LogP contribution >= 0.6 is 12.6 Å². The van der Waals surface area contributed by atoms with E-state index >= 15 is 0 Å².